The molecule has 0 spiro atoms. The molecule has 1 saturated heterocycles. The van der Waals surface area contributed by atoms with Crippen molar-refractivity contribution < 1.29 is 14.7 Å². The molecule has 2 heterocycles. The molecule has 0 aromatic carbocycles. The number of amides is 1. The van der Waals surface area contributed by atoms with Gasteiger partial charge >= 0.3 is 5.97 Å². The molecule has 1 amide bonds. The first-order valence-electron chi connectivity index (χ1n) is 6.79. The van der Waals surface area contributed by atoms with Crippen LogP contribution in [0.5, 0.6) is 0 Å². The molecule has 0 aliphatic carbocycles. The molecule has 6 heteroatoms. The van der Waals surface area contributed by atoms with Crippen molar-refractivity contribution in [2.45, 2.75) is 26.2 Å². The van der Waals surface area contributed by atoms with Crippen LogP contribution in [0.4, 0.5) is 5.69 Å². The van der Waals surface area contributed by atoms with Crippen molar-refractivity contribution in [1.29, 1.82) is 0 Å². The lowest BCUT2D eigenvalue weighted by Gasteiger charge is -2.35. The number of carboxylic acid groups (broad SMARTS) is 1. The van der Waals surface area contributed by atoms with Crippen molar-refractivity contribution >= 4 is 17.6 Å². The molecule has 1 fully saturated rings. The van der Waals surface area contributed by atoms with Crippen LogP contribution in [-0.4, -0.2) is 35.1 Å². The molecular formula is C14H19N3O3. The Morgan fingerprint density at radius 1 is 1.40 bits per heavy atom. The maximum Gasteiger partial charge on any atom is 0.354 e. The van der Waals surface area contributed by atoms with Gasteiger partial charge in [0, 0.05) is 0 Å². The van der Waals surface area contributed by atoms with Gasteiger partial charge < -0.3 is 15.7 Å². The van der Waals surface area contributed by atoms with Crippen LogP contribution in [0, 0.1) is 5.41 Å². The van der Waals surface area contributed by atoms with Crippen LogP contribution in [0.1, 0.15) is 36.7 Å². The van der Waals surface area contributed by atoms with Crippen LogP contribution in [0.3, 0.4) is 0 Å². The predicted molar refractivity (Wildman–Crippen MR) is 74.7 cm³/mol. The molecule has 1 aromatic rings. The number of anilines is 1. The third kappa shape index (κ3) is 2.96. The monoisotopic (exact) mass is 277 g/mol. The first-order valence-corrected chi connectivity index (χ1v) is 6.79. The quantitative estimate of drug-likeness (QED) is 0.775. The van der Waals surface area contributed by atoms with E-state index in [0.29, 0.717) is 5.69 Å². The molecule has 1 aromatic heterocycles. The Bertz CT molecular complexity index is 493. The number of rotatable bonds is 4. The summed E-state index contributed by atoms with van der Waals surface area (Å²) in [5.74, 6) is -1.09. The van der Waals surface area contributed by atoms with Crippen molar-refractivity contribution in [2.24, 2.45) is 5.41 Å². The second kappa shape index (κ2) is 6.00. The van der Waals surface area contributed by atoms with Crippen molar-refractivity contribution in [3.8, 4) is 0 Å². The van der Waals surface area contributed by atoms with E-state index in [1.165, 1.54) is 12.3 Å². The van der Waals surface area contributed by atoms with Gasteiger partial charge in [-0.3, -0.25) is 4.79 Å². The number of nitrogens with zero attached hydrogens (tertiary/aromatic N) is 1. The number of aromatic carboxylic acids is 1. The average Bonchev–Trinajstić information content (AvgIpc) is 2.48. The lowest BCUT2D eigenvalue weighted by molar-refractivity contribution is -0.127. The molecule has 0 saturated carbocycles. The second-order valence-electron chi connectivity index (χ2n) is 5.08. The minimum absolute atomic E-state index is 0.00799. The highest BCUT2D eigenvalue weighted by molar-refractivity contribution is 5.95. The van der Waals surface area contributed by atoms with Gasteiger partial charge in [-0.1, -0.05) is 6.92 Å². The number of hydrogen-bond donors (Lipinski definition) is 3. The first kappa shape index (κ1) is 14.5. The summed E-state index contributed by atoms with van der Waals surface area (Å²) in [4.78, 5) is 27.0. The van der Waals surface area contributed by atoms with E-state index in [1.54, 1.807) is 6.07 Å². The van der Waals surface area contributed by atoms with Crippen LogP contribution >= 0.6 is 0 Å². The lowest BCUT2D eigenvalue weighted by atomic mass is 9.76. The molecule has 3 N–H and O–H groups in total. The predicted octanol–water partition coefficient (Wildman–Crippen LogP) is 1.50. The zero-order chi connectivity index (χ0) is 14.6. The van der Waals surface area contributed by atoms with E-state index >= 15 is 0 Å². The van der Waals surface area contributed by atoms with Gasteiger partial charge in [0.05, 0.1) is 17.3 Å². The van der Waals surface area contributed by atoms with Crippen molar-refractivity contribution in [3.63, 3.8) is 0 Å². The number of hydrogen-bond acceptors (Lipinski definition) is 4. The van der Waals surface area contributed by atoms with E-state index in [0.717, 1.165) is 32.4 Å². The number of pyridine rings is 1. The van der Waals surface area contributed by atoms with Crippen molar-refractivity contribution in [2.75, 3.05) is 18.4 Å². The molecule has 0 unspecified atom stereocenters. The summed E-state index contributed by atoms with van der Waals surface area (Å²) in [6, 6.07) is 2.96. The fourth-order valence-corrected chi connectivity index (χ4v) is 2.50. The highest BCUT2D eigenvalue weighted by Gasteiger charge is 2.37. The number of carboxylic acids is 1. The summed E-state index contributed by atoms with van der Waals surface area (Å²) in [5.41, 5.74) is 0.165. The lowest BCUT2D eigenvalue weighted by Crippen LogP contribution is -2.44. The van der Waals surface area contributed by atoms with Gasteiger partial charge in [0.15, 0.2) is 0 Å². The fraction of sp³-hybridized carbons (Fsp3) is 0.500. The highest BCUT2D eigenvalue weighted by atomic mass is 16.4. The van der Waals surface area contributed by atoms with Gasteiger partial charge in [0.2, 0.25) is 5.91 Å². The van der Waals surface area contributed by atoms with Gasteiger partial charge in [0.25, 0.3) is 0 Å². The summed E-state index contributed by atoms with van der Waals surface area (Å²) in [7, 11) is 0. The molecule has 108 valence electrons. The average molecular weight is 277 g/mol. The van der Waals surface area contributed by atoms with Crippen LogP contribution < -0.4 is 10.6 Å². The summed E-state index contributed by atoms with van der Waals surface area (Å²) < 4.78 is 0. The van der Waals surface area contributed by atoms with E-state index in [4.69, 9.17) is 5.11 Å². The molecule has 1 aliphatic rings. The van der Waals surface area contributed by atoms with Crippen molar-refractivity contribution in [3.05, 3.63) is 24.0 Å². The van der Waals surface area contributed by atoms with E-state index in [9.17, 15) is 9.59 Å². The number of piperidine rings is 1. The second-order valence-corrected chi connectivity index (χ2v) is 5.08. The summed E-state index contributed by atoms with van der Waals surface area (Å²) in [6.45, 7) is 3.71. The Hall–Kier alpha value is -1.95. The zero-order valence-corrected chi connectivity index (χ0v) is 11.5. The zero-order valence-electron chi connectivity index (χ0n) is 11.5. The number of nitrogens with one attached hydrogen (secondary N) is 2. The summed E-state index contributed by atoms with van der Waals surface area (Å²) in [5, 5.41) is 14.9. The number of carbonyl (C=O) groups is 2. The third-order valence-electron chi connectivity index (χ3n) is 3.96. The highest BCUT2D eigenvalue weighted by Crippen LogP contribution is 2.33. The molecule has 1 aliphatic heterocycles. The van der Waals surface area contributed by atoms with Gasteiger partial charge in [-0.2, -0.15) is 0 Å². The van der Waals surface area contributed by atoms with Crippen LogP contribution in [0.25, 0.3) is 0 Å². The topological polar surface area (TPSA) is 91.3 Å². The van der Waals surface area contributed by atoms with Crippen LogP contribution in [0.15, 0.2) is 18.3 Å². The Morgan fingerprint density at radius 2 is 2.10 bits per heavy atom. The minimum atomic E-state index is -1.08. The SMILES string of the molecule is CCC1(C(=O)Nc2ccc(C(=O)O)nc2)CCNCC1. The molecule has 0 bridgehead atoms. The fourth-order valence-electron chi connectivity index (χ4n) is 2.50. The summed E-state index contributed by atoms with van der Waals surface area (Å²) in [6.07, 6.45) is 3.80. The molecule has 2 rings (SSSR count). The normalized spacial score (nSPS) is 17.4. The molecule has 0 atom stereocenters. The van der Waals surface area contributed by atoms with Gasteiger partial charge in [0.1, 0.15) is 5.69 Å². The molecule has 0 radical (unpaired) electrons. The van der Waals surface area contributed by atoms with Crippen molar-refractivity contribution in [1.82, 2.24) is 10.3 Å². The molecule has 6 nitrogen and oxygen atoms in total. The molecular weight excluding hydrogens is 258 g/mol. The Labute approximate surface area is 117 Å². The maximum absolute atomic E-state index is 12.5. The van der Waals surface area contributed by atoms with E-state index < -0.39 is 5.97 Å². The smallest absolute Gasteiger partial charge is 0.354 e. The minimum Gasteiger partial charge on any atom is -0.477 e. The number of aromatic nitrogens is 1. The van der Waals surface area contributed by atoms with E-state index in [1.807, 2.05) is 6.92 Å². The Morgan fingerprint density at radius 3 is 2.60 bits per heavy atom. The first-order chi connectivity index (χ1) is 9.57. The maximum atomic E-state index is 12.5. The molecule has 20 heavy (non-hydrogen) atoms. The van der Waals surface area contributed by atoms with Gasteiger partial charge in [-0.05, 0) is 44.5 Å². The van der Waals surface area contributed by atoms with Crippen LogP contribution in [-0.2, 0) is 4.79 Å². The van der Waals surface area contributed by atoms with E-state index in [2.05, 4.69) is 15.6 Å². The largest absolute Gasteiger partial charge is 0.477 e. The van der Waals surface area contributed by atoms with Gasteiger partial charge in [-0.15, -0.1) is 0 Å². The third-order valence-corrected chi connectivity index (χ3v) is 3.96. The van der Waals surface area contributed by atoms with Crippen LogP contribution in [0.2, 0.25) is 0 Å². The standard InChI is InChI=1S/C14H19N3O3/c1-2-14(5-7-15-8-6-14)13(20)17-10-3-4-11(12(18)19)16-9-10/h3-4,9,15H,2,5-8H2,1H3,(H,17,20)(H,18,19). The van der Waals surface area contributed by atoms with Gasteiger partial charge in [-0.25, -0.2) is 9.78 Å². The van der Waals surface area contributed by atoms with E-state index in [-0.39, 0.29) is 17.0 Å². The Balaban J connectivity index is 2.08. The Kier molecular flexibility index (Phi) is 4.34. The number of carbonyl (C=O) groups excluding carboxylic acids is 1. The summed E-state index contributed by atoms with van der Waals surface area (Å²) >= 11 is 0.